The Labute approximate surface area is 873 Å². The van der Waals surface area contributed by atoms with Crippen LogP contribution in [-0.2, 0) is 21.7 Å². The van der Waals surface area contributed by atoms with Gasteiger partial charge < -0.3 is 0 Å². The highest BCUT2D eigenvalue weighted by molar-refractivity contribution is 6.27. The lowest BCUT2D eigenvalue weighted by Gasteiger charge is -2.25. The predicted octanol–water partition coefficient (Wildman–Crippen LogP) is 42.7. The first-order valence-corrected chi connectivity index (χ1v) is 53.3. The van der Waals surface area contributed by atoms with E-state index in [0.29, 0.717) is 5.92 Å². The van der Waals surface area contributed by atoms with Crippen molar-refractivity contribution in [1.82, 2.24) is 0 Å². The van der Waals surface area contributed by atoms with Crippen molar-refractivity contribution in [1.29, 1.82) is 0 Å². The molecule has 0 heterocycles. The van der Waals surface area contributed by atoms with Crippen molar-refractivity contribution in [3.63, 3.8) is 0 Å². The molecule has 0 nitrogen and oxygen atoms in total. The van der Waals surface area contributed by atoms with Crippen molar-refractivity contribution < 1.29 is 0 Å². The van der Waals surface area contributed by atoms with Gasteiger partial charge >= 0.3 is 0 Å². The Kier molecular flexibility index (Phi) is 25.4. The van der Waals surface area contributed by atoms with Crippen molar-refractivity contribution in [3.05, 3.63) is 507 Å². The molecule has 1 aliphatic rings. The Balaban J connectivity index is 0.000000122. The summed E-state index contributed by atoms with van der Waals surface area (Å²) in [7, 11) is 0. The summed E-state index contributed by atoms with van der Waals surface area (Å²) in [5, 5.41) is 23.3. The van der Waals surface area contributed by atoms with Crippen molar-refractivity contribution in [2.75, 3.05) is 0 Å². The van der Waals surface area contributed by atoms with Crippen LogP contribution in [0.3, 0.4) is 0 Å². The van der Waals surface area contributed by atoms with Crippen LogP contribution in [0.15, 0.2) is 479 Å². The Bertz CT molecular complexity index is 9120. The van der Waals surface area contributed by atoms with Crippen molar-refractivity contribution in [3.8, 4) is 134 Å². The van der Waals surface area contributed by atoms with Crippen LogP contribution in [0.5, 0.6) is 0 Å². The first kappa shape index (κ1) is 95.2. The first-order valence-electron chi connectivity index (χ1n) is 53.3. The fraction of sp³-hybridized carbons (Fsp3) is 0.149. The second kappa shape index (κ2) is 39.5. The average Bonchev–Trinajstić information content (AvgIpc) is 0.725. The first-order chi connectivity index (χ1) is 72.0. The zero-order chi connectivity index (χ0) is 101. The lowest BCUT2D eigenvalue weighted by molar-refractivity contribution is 0.444. The Morgan fingerprint density at radius 3 is 0.750 bits per heavy atom. The molecule has 1 aliphatic carbocycles. The van der Waals surface area contributed by atoms with Gasteiger partial charge in [0.05, 0.1) is 0 Å². The van der Waals surface area contributed by atoms with E-state index in [9.17, 15) is 0 Å². The van der Waals surface area contributed by atoms with Crippen molar-refractivity contribution in [2.24, 2.45) is 0 Å². The highest BCUT2D eigenvalue weighted by atomic mass is 14.3. The van der Waals surface area contributed by atoms with E-state index >= 15 is 0 Å². The van der Waals surface area contributed by atoms with Gasteiger partial charge in [0.2, 0.25) is 0 Å². The standard InChI is InChI=1S/2C50H44.C48H38/c1-49(2,3)37-28-30-44-45(31-37)47(36-25-23-34(24-26-36)33-15-8-7-9-16-33)43-29-27-38(50(4,5)6)32-46(43)48(44)42-21-13-12-20-41(42)40-22-14-18-35-17-10-11-19-39(35)40;1-49(2,3)37-28-30-44-45(31-37)47(36-25-23-35(24-26-36)40-22-14-18-34-17-10-11-19-39(34)40)43-29-27-38(50(4,5)6)32-46(43)48(44)42-21-13-12-20-41(42)33-15-8-7-9-16-33;1-3-14-33(15-4-1)38-30-31-45-46(32-38)47(37-28-26-36(27-29-37)40-25-13-19-35-18-7-8-20-39(35)40)43-23-11-12-24-44(43)48(45)42-22-10-9-21-41(42)34-16-5-2-6-17-34/h2*7-32H,1-6H3;2,5-13,16-33H,1,3-4,14-15H2. The maximum atomic E-state index is 2.56. The fourth-order valence-corrected chi connectivity index (χ4v) is 23.6. The highest BCUT2D eigenvalue weighted by Crippen LogP contribution is 2.55. The molecular weight excluding hydrogens is 1780 g/mol. The summed E-state index contributed by atoms with van der Waals surface area (Å²) in [5.74, 6) is 0.635. The molecule has 24 aromatic carbocycles. The molecule has 0 N–H and O–H groups in total. The molecule has 0 aliphatic heterocycles. The molecule has 0 bridgehead atoms. The molecular formula is C148H126. The van der Waals surface area contributed by atoms with Gasteiger partial charge in [-0.3, -0.25) is 0 Å². The number of hydrogen-bond acceptors (Lipinski definition) is 0. The molecule has 718 valence electrons. The molecule has 0 heteroatoms. The van der Waals surface area contributed by atoms with Gasteiger partial charge in [0.25, 0.3) is 0 Å². The number of benzene rings is 24. The van der Waals surface area contributed by atoms with E-state index in [1.165, 1.54) is 290 Å². The van der Waals surface area contributed by atoms with Crippen LogP contribution in [0.25, 0.3) is 230 Å². The summed E-state index contributed by atoms with van der Waals surface area (Å²) >= 11 is 0. The van der Waals surface area contributed by atoms with Crippen LogP contribution in [0.2, 0.25) is 0 Å². The fourth-order valence-electron chi connectivity index (χ4n) is 23.6. The Morgan fingerprint density at radius 2 is 0.372 bits per heavy atom. The number of fused-ring (bicyclic) bond motifs is 9. The maximum Gasteiger partial charge on any atom is -0.00200 e. The Morgan fingerprint density at radius 1 is 0.142 bits per heavy atom. The molecule has 0 radical (unpaired) electrons. The largest absolute Gasteiger partial charge is 0.0622 e. The lowest BCUT2D eigenvalue weighted by atomic mass is 9.78. The zero-order valence-corrected chi connectivity index (χ0v) is 87.2. The average molecular weight is 1900 g/mol. The topological polar surface area (TPSA) is 0 Å². The quantitative estimate of drug-likeness (QED) is 0.101. The minimum Gasteiger partial charge on any atom is -0.0622 e. The van der Waals surface area contributed by atoms with Gasteiger partial charge in [-0.15, -0.1) is 0 Å². The zero-order valence-electron chi connectivity index (χ0n) is 87.2. The molecule has 0 amide bonds. The van der Waals surface area contributed by atoms with Crippen LogP contribution in [-0.4, -0.2) is 0 Å². The molecule has 24 aromatic rings. The molecule has 0 unspecified atom stereocenters. The molecule has 148 heavy (non-hydrogen) atoms. The summed E-state index contributed by atoms with van der Waals surface area (Å²) < 4.78 is 0. The van der Waals surface area contributed by atoms with Crippen LogP contribution >= 0.6 is 0 Å². The lowest BCUT2D eigenvalue weighted by Crippen LogP contribution is -2.11. The molecule has 0 saturated heterocycles. The van der Waals surface area contributed by atoms with E-state index < -0.39 is 0 Å². The third-order valence-electron chi connectivity index (χ3n) is 31.5. The summed E-state index contributed by atoms with van der Waals surface area (Å²) in [6, 6.07) is 179. The SMILES string of the molecule is CC(C)(C)c1ccc2c(-c3ccccc3-c3cccc4ccccc34)c3cc(C(C)(C)C)ccc3c(-c3ccc(-c4ccccc4)cc3)c2c1.CC(C)(C)c1ccc2c(-c3ccccc3-c3ccccc3)c3cc(C(C)(C)C)ccc3c(-c3ccc(-c4cccc5ccccc45)cc3)c2c1.c1ccc(-c2ccccc2-c2c3ccccc3c(-c3ccc(-c4cccc5ccccc45)cc3)c3cc(C4CCCCC4)ccc23)cc1. The monoisotopic (exact) mass is 1900 g/mol. The van der Waals surface area contributed by atoms with Crippen LogP contribution in [0.1, 0.15) is 149 Å². The minimum absolute atomic E-state index is 0.00313. The summed E-state index contributed by atoms with van der Waals surface area (Å²) in [6.07, 6.45) is 6.61. The highest BCUT2D eigenvalue weighted by Gasteiger charge is 2.30. The molecule has 0 aromatic heterocycles. The number of hydrogen-bond donors (Lipinski definition) is 0. The molecule has 1 fully saturated rings. The van der Waals surface area contributed by atoms with Gasteiger partial charge in [-0.05, 0) is 323 Å². The van der Waals surface area contributed by atoms with Crippen LogP contribution in [0.4, 0.5) is 0 Å². The van der Waals surface area contributed by atoms with Crippen LogP contribution < -0.4 is 0 Å². The third kappa shape index (κ3) is 18.4. The minimum atomic E-state index is 0.00313. The summed E-state index contributed by atoms with van der Waals surface area (Å²) in [6.45, 7) is 27.8. The van der Waals surface area contributed by atoms with E-state index in [1.807, 2.05) is 0 Å². The second-order valence-electron chi connectivity index (χ2n) is 45.0. The van der Waals surface area contributed by atoms with Crippen molar-refractivity contribution in [2.45, 2.75) is 143 Å². The van der Waals surface area contributed by atoms with Gasteiger partial charge in [-0.25, -0.2) is 0 Å². The van der Waals surface area contributed by atoms with Crippen molar-refractivity contribution >= 4 is 97.0 Å². The van der Waals surface area contributed by atoms with Gasteiger partial charge in [0.15, 0.2) is 0 Å². The van der Waals surface area contributed by atoms with Gasteiger partial charge in [0, 0.05) is 0 Å². The molecule has 0 spiro atoms. The van der Waals surface area contributed by atoms with E-state index in [2.05, 4.69) is 562 Å². The van der Waals surface area contributed by atoms with Crippen LogP contribution in [0, 0.1) is 0 Å². The smallest absolute Gasteiger partial charge is 0.00200 e. The molecule has 1 saturated carbocycles. The normalized spacial score (nSPS) is 12.7. The van der Waals surface area contributed by atoms with E-state index in [1.54, 1.807) is 0 Å². The van der Waals surface area contributed by atoms with E-state index in [4.69, 9.17) is 0 Å². The van der Waals surface area contributed by atoms with E-state index in [0.717, 1.165) is 0 Å². The summed E-state index contributed by atoms with van der Waals surface area (Å²) in [5.41, 5.74) is 37.3. The third-order valence-corrected chi connectivity index (χ3v) is 31.5. The van der Waals surface area contributed by atoms with E-state index in [-0.39, 0.29) is 21.7 Å². The second-order valence-corrected chi connectivity index (χ2v) is 45.0. The molecule has 25 rings (SSSR count). The van der Waals surface area contributed by atoms with Gasteiger partial charge in [0.1, 0.15) is 0 Å². The summed E-state index contributed by atoms with van der Waals surface area (Å²) in [4.78, 5) is 0. The maximum absolute atomic E-state index is 2.56. The Hall–Kier alpha value is -16.4. The van der Waals surface area contributed by atoms with Gasteiger partial charge in [-0.2, -0.15) is 0 Å². The molecule has 0 atom stereocenters. The van der Waals surface area contributed by atoms with Gasteiger partial charge in [-0.1, -0.05) is 557 Å². The predicted molar refractivity (Wildman–Crippen MR) is 643 cm³/mol. The number of rotatable bonds is 13.